The van der Waals surface area contributed by atoms with Crippen molar-refractivity contribution in [2.45, 2.75) is 369 Å². The summed E-state index contributed by atoms with van der Waals surface area (Å²) in [5.41, 5.74) is 0. The molecule has 0 aliphatic carbocycles. The Morgan fingerprint density at radius 2 is 0.533 bits per heavy atom. The van der Waals surface area contributed by atoms with Crippen LogP contribution in [0.2, 0.25) is 0 Å². The molecule has 0 radical (unpaired) electrons. The lowest BCUT2D eigenvalue weighted by molar-refractivity contribution is -0.161. The zero-order valence-corrected chi connectivity index (χ0v) is 60.6. The van der Waals surface area contributed by atoms with Gasteiger partial charge in [-0.15, -0.1) is 0 Å². The van der Waals surface area contributed by atoms with Gasteiger partial charge >= 0.3 is 39.5 Å². The molecule has 90 heavy (non-hydrogen) atoms. The van der Waals surface area contributed by atoms with Gasteiger partial charge in [-0.05, 0) is 49.4 Å². The summed E-state index contributed by atoms with van der Waals surface area (Å²) in [6.07, 6.45) is 43.3. The fourth-order valence-electron chi connectivity index (χ4n) is 10.6. The highest BCUT2D eigenvalue weighted by Gasteiger charge is 2.30. The van der Waals surface area contributed by atoms with Crippen molar-refractivity contribution in [3.8, 4) is 0 Å². The topological polar surface area (TPSA) is 237 Å². The number of phosphoric acid groups is 2. The molecule has 0 aromatic heterocycles. The molecule has 0 spiro atoms. The first-order chi connectivity index (χ1) is 43.1. The maximum absolute atomic E-state index is 13.0. The quantitative estimate of drug-likeness (QED) is 0.0222. The van der Waals surface area contributed by atoms with E-state index in [1.807, 2.05) is 0 Å². The fraction of sp³-hybridized carbons (Fsp3) is 0.944. The van der Waals surface area contributed by atoms with Crippen molar-refractivity contribution < 1.29 is 80.2 Å². The third-order valence-electron chi connectivity index (χ3n) is 16.7. The Labute approximate surface area is 549 Å². The molecule has 0 bridgehead atoms. The van der Waals surface area contributed by atoms with Crippen LogP contribution < -0.4 is 0 Å². The van der Waals surface area contributed by atoms with E-state index in [2.05, 4.69) is 55.4 Å². The molecule has 19 heteroatoms. The number of aliphatic hydroxyl groups excluding tert-OH is 1. The van der Waals surface area contributed by atoms with Gasteiger partial charge in [0.25, 0.3) is 0 Å². The largest absolute Gasteiger partial charge is 0.472 e. The molecule has 0 aromatic rings. The van der Waals surface area contributed by atoms with Crippen molar-refractivity contribution in [2.75, 3.05) is 39.6 Å². The predicted molar refractivity (Wildman–Crippen MR) is 363 cm³/mol. The van der Waals surface area contributed by atoms with Crippen molar-refractivity contribution in [1.29, 1.82) is 0 Å². The monoisotopic (exact) mass is 1320 g/mol. The van der Waals surface area contributed by atoms with Crippen LogP contribution in [0.1, 0.15) is 351 Å². The Balaban J connectivity index is 5.19. The minimum atomic E-state index is -4.95. The van der Waals surface area contributed by atoms with Crippen molar-refractivity contribution >= 4 is 39.5 Å². The number of carbonyl (C=O) groups excluding carboxylic acids is 4. The minimum absolute atomic E-state index is 0.102. The van der Waals surface area contributed by atoms with E-state index in [-0.39, 0.29) is 25.7 Å². The number of hydrogen-bond acceptors (Lipinski definition) is 15. The first-order valence-electron chi connectivity index (χ1n) is 36.7. The number of phosphoric ester groups is 2. The van der Waals surface area contributed by atoms with Crippen LogP contribution in [0.4, 0.5) is 0 Å². The van der Waals surface area contributed by atoms with Crippen molar-refractivity contribution in [2.24, 2.45) is 23.7 Å². The van der Waals surface area contributed by atoms with Gasteiger partial charge in [0, 0.05) is 25.7 Å². The zero-order chi connectivity index (χ0) is 66.8. The Morgan fingerprint density at radius 3 is 0.789 bits per heavy atom. The van der Waals surface area contributed by atoms with Crippen molar-refractivity contribution in [1.82, 2.24) is 0 Å². The third-order valence-corrected chi connectivity index (χ3v) is 18.6. The highest BCUT2D eigenvalue weighted by atomic mass is 31.2. The number of unbranched alkanes of at least 4 members (excludes halogenated alkanes) is 33. The van der Waals surface area contributed by atoms with Gasteiger partial charge in [-0.1, -0.05) is 299 Å². The Bertz CT molecular complexity index is 1780. The summed E-state index contributed by atoms with van der Waals surface area (Å²) < 4.78 is 68.2. The van der Waals surface area contributed by atoms with Gasteiger partial charge in [-0.2, -0.15) is 0 Å². The second-order valence-corrected chi connectivity index (χ2v) is 30.2. The van der Waals surface area contributed by atoms with Crippen LogP contribution in [-0.4, -0.2) is 96.7 Å². The first kappa shape index (κ1) is 88.1. The van der Waals surface area contributed by atoms with Gasteiger partial charge in [0.05, 0.1) is 26.4 Å². The number of aliphatic hydroxyl groups is 1. The summed E-state index contributed by atoms with van der Waals surface area (Å²) in [4.78, 5) is 72.5. The molecule has 3 N–H and O–H groups in total. The summed E-state index contributed by atoms with van der Waals surface area (Å²) in [5.74, 6) is 0.829. The number of esters is 4. The maximum atomic E-state index is 13.0. The van der Waals surface area contributed by atoms with Crippen molar-refractivity contribution in [3.05, 3.63) is 0 Å². The van der Waals surface area contributed by atoms with Crippen LogP contribution in [0, 0.1) is 23.7 Å². The molecule has 0 aliphatic rings. The lowest BCUT2D eigenvalue weighted by atomic mass is 9.99. The average molecular weight is 1330 g/mol. The molecule has 0 amide bonds. The standard InChI is InChI=1S/C71H138O17P2/c1-9-64(8)50-42-34-25-20-21-26-35-43-51-68(73)81-57-66(88-71(76)54-46-38-28-22-24-32-40-48-62(4)5)59-85-89(77,78)83-55-65(72)56-84-90(79,80)86-60-67(58-82-69(74)52-44-36-30-29-33-41-49-63(6)7)87-70(75)53-45-37-27-19-17-15-13-11-10-12-14-16-18-23-31-39-47-61(2)3/h61-67,72H,9-60H2,1-8H3,(H,77,78)(H,79,80)/t64?,65?,66-,67-/m1/s1. The van der Waals surface area contributed by atoms with Crippen molar-refractivity contribution in [3.63, 3.8) is 0 Å². The number of ether oxygens (including phenoxy) is 4. The molecule has 17 nitrogen and oxygen atoms in total. The van der Waals surface area contributed by atoms with E-state index in [1.54, 1.807) is 0 Å². The molecule has 0 fully saturated rings. The lowest BCUT2D eigenvalue weighted by Crippen LogP contribution is -2.30. The van der Waals surface area contributed by atoms with Crippen LogP contribution in [0.3, 0.4) is 0 Å². The molecule has 534 valence electrons. The lowest BCUT2D eigenvalue weighted by Gasteiger charge is -2.21. The fourth-order valence-corrected chi connectivity index (χ4v) is 12.2. The van der Waals surface area contributed by atoms with Crippen LogP contribution >= 0.6 is 15.6 Å². The normalized spacial score (nSPS) is 14.6. The van der Waals surface area contributed by atoms with Gasteiger partial charge in [0.15, 0.2) is 12.2 Å². The first-order valence-corrected chi connectivity index (χ1v) is 39.7. The van der Waals surface area contributed by atoms with E-state index in [9.17, 15) is 43.2 Å². The highest BCUT2D eigenvalue weighted by Crippen LogP contribution is 2.45. The van der Waals surface area contributed by atoms with E-state index in [1.165, 1.54) is 148 Å². The molecule has 0 heterocycles. The SMILES string of the molecule is CCC(C)CCCCCCCCCCC(=O)OC[C@H](COP(=O)(O)OCC(O)COP(=O)(O)OC[C@@H](COC(=O)CCCCCCCCC(C)C)OC(=O)CCCCCCCCCCCCCCCCCCC(C)C)OC(=O)CCCCCCCCCC(C)C. The summed E-state index contributed by atoms with van der Waals surface area (Å²) in [6, 6.07) is 0. The van der Waals surface area contributed by atoms with Gasteiger partial charge in [0.1, 0.15) is 19.3 Å². The summed E-state index contributed by atoms with van der Waals surface area (Å²) in [6.45, 7) is 14.0. The molecule has 0 saturated carbocycles. The summed E-state index contributed by atoms with van der Waals surface area (Å²) in [5, 5.41) is 10.6. The molecule has 0 aromatic carbocycles. The number of rotatable bonds is 68. The highest BCUT2D eigenvalue weighted by molar-refractivity contribution is 7.47. The Kier molecular flexibility index (Phi) is 59.4. The molecular weight excluding hydrogens is 1190 g/mol. The second kappa shape index (κ2) is 60.7. The molecule has 0 rings (SSSR count). The van der Waals surface area contributed by atoms with Gasteiger partial charge in [-0.25, -0.2) is 9.13 Å². The summed E-state index contributed by atoms with van der Waals surface area (Å²) >= 11 is 0. The molecule has 6 atom stereocenters. The Morgan fingerprint density at radius 1 is 0.311 bits per heavy atom. The van der Waals surface area contributed by atoms with Crippen LogP contribution in [0.15, 0.2) is 0 Å². The molecule has 0 saturated heterocycles. The average Bonchev–Trinajstić information content (AvgIpc) is 3.05. The van der Waals surface area contributed by atoms with Crippen LogP contribution in [-0.2, 0) is 65.4 Å². The molecule has 0 aliphatic heterocycles. The molecular formula is C71H138O17P2. The predicted octanol–water partition coefficient (Wildman–Crippen LogP) is 20.1. The molecule has 4 unspecified atom stereocenters. The van der Waals surface area contributed by atoms with Gasteiger partial charge in [0.2, 0.25) is 0 Å². The zero-order valence-electron chi connectivity index (χ0n) is 58.8. The van der Waals surface area contributed by atoms with E-state index >= 15 is 0 Å². The Hall–Kier alpha value is -1.94. The number of carbonyl (C=O) groups is 4. The van der Waals surface area contributed by atoms with E-state index in [4.69, 9.17) is 37.0 Å². The number of hydrogen-bond donors (Lipinski definition) is 3. The smallest absolute Gasteiger partial charge is 0.462 e. The van der Waals surface area contributed by atoms with Crippen LogP contribution in [0.25, 0.3) is 0 Å². The van der Waals surface area contributed by atoms with Gasteiger partial charge in [-0.3, -0.25) is 37.3 Å². The third kappa shape index (κ3) is 63.5. The van der Waals surface area contributed by atoms with Crippen LogP contribution in [0.5, 0.6) is 0 Å². The second-order valence-electron chi connectivity index (χ2n) is 27.3. The van der Waals surface area contributed by atoms with E-state index in [0.717, 1.165) is 108 Å². The maximum Gasteiger partial charge on any atom is 0.472 e. The minimum Gasteiger partial charge on any atom is -0.462 e. The summed E-state index contributed by atoms with van der Waals surface area (Å²) in [7, 11) is -9.90. The van der Waals surface area contributed by atoms with Gasteiger partial charge < -0.3 is 33.8 Å². The van der Waals surface area contributed by atoms with E-state index in [0.29, 0.717) is 37.5 Å². The van der Waals surface area contributed by atoms with E-state index < -0.39 is 97.5 Å².